The summed E-state index contributed by atoms with van der Waals surface area (Å²) in [6, 6.07) is 7.90. The Labute approximate surface area is 116 Å². The lowest BCUT2D eigenvalue weighted by Crippen LogP contribution is -2.09. The number of nitrogens with one attached hydrogen (secondary N) is 2. The first-order valence-electron chi connectivity index (χ1n) is 7.40. The maximum absolute atomic E-state index is 11.3. The summed E-state index contributed by atoms with van der Waals surface area (Å²) >= 11 is 0. The van der Waals surface area contributed by atoms with E-state index in [0.29, 0.717) is 6.42 Å². The van der Waals surface area contributed by atoms with Crippen LogP contribution in [0.2, 0.25) is 0 Å². The highest BCUT2D eigenvalue weighted by Crippen LogP contribution is 2.15. The zero-order valence-corrected chi connectivity index (χ0v) is 12.2. The molecule has 0 saturated heterocycles. The van der Waals surface area contributed by atoms with Crippen molar-refractivity contribution >= 4 is 17.3 Å². The fourth-order valence-corrected chi connectivity index (χ4v) is 1.92. The molecular formula is C16H26N2O. The standard InChI is InChI=1S/C16H26N2O/c1-3-5-6-7-8-12-17-14-10-9-11-15(13-14)18-16(19)4-2/h9-11,13,17H,3-8,12H2,1-2H3,(H,18,19). The summed E-state index contributed by atoms with van der Waals surface area (Å²) in [5, 5.41) is 6.27. The number of anilines is 2. The summed E-state index contributed by atoms with van der Waals surface area (Å²) in [5.41, 5.74) is 1.94. The van der Waals surface area contributed by atoms with Gasteiger partial charge in [0.2, 0.25) is 5.91 Å². The first-order valence-corrected chi connectivity index (χ1v) is 7.40. The van der Waals surface area contributed by atoms with Crippen LogP contribution in [0.4, 0.5) is 11.4 Å². The summed E-state index contributed by atoms with van der Waals surface area (Å²) < 4.78 is 0. The Balaban J connectivity index is 2.30. The monoisotopic (exact) mass is 262 g/mol. The van der Waals surface area contributed by atoms with Gasteiger partial charge in [0.05, 0.1) is 0 Å². The Hall–Kier alpha value is -1.51. The van der Waals surface area contributed by atoms with E-state index in [0.717, 1.165) is 17.9 Å². The minimum Gasteiger partial charge on any atom is -0.385 e. The van der Waals surface area contributed by atoms with E-state index in [1.807, 2.05) is 31.2 Å². The first-order chi connectivity index (χ1) is 9.26. The van der Waals surface area contributed by atoms with E-state index in [1.165, 1.54) is 32.1 Å². The van der Waals surface area contributed by atoms with Crippen molar-refractivity contribution in [2.24, 2.45) is 0 Å². The molecule has 3 heteroatoms. The van der Waals surface area contributed by atoms with Gasteiger partial charge in [-0.1, -0.05) is 45.6 Å². The van der Waals surface area contributed by atoms with E-state index in [2.05, 4.69) is 17.6 Å². The lowest BCUT2D eigenvalue weighted by atomic mass is 10.1. The predicted molar refractivity (Wildman–Crippen MR) is 82.6 cm³/mol. The number of carbonyl (C=O) groups excluding carboxylic acids is 1. The Morgan fingerprint density at radius 3 is 2.53 bits per heavy atom. The Kier molecular flexibility index (Phi) is 7.71. The number of hydrogen-bond acceptors (Lipinski definition) is 2. The normalized spacial score (nSPS) is 10.2. The van der Waals surface area contributed by atoms with Crippen molar-refractivity contribution in [1.82, 2.24) is 0 Å². The lowest BCUT2D eigenvalue weighted by Gasteiger charge is -2.09. The third-order valence-electron chi connectivity index (χ3n) is 3.08. The molecule has 0 aliphatic carbocycles. The predicted octanol–water partition coefficient (Wildman–Crippen LogP) is 4.42. The number of benzene rings is 1. The molecule has 0 unspecified atom stereocenters. The van der Waals surface area contributed by atoms with Gasteiger partial charge in [-0.25, -0.2) is 0 Å². The van der Waals surface area contributed by atoms with E-state index in [9.17, 15) is 4.79 Å². The van der Waals surface area contributed by atoms with Gasteiger partial charge in [0.1, 0.15) is 0 Å². The van der Waals surface area contributed by atoms with Crippen molar-refractivity contribution in [3.05, 3.63) is 24.3 Å². The second kappa shape index (κ2) is 9.42. The molecule has 0 aliphatic rings. The van der Waals surface area contributed by atoms with Gasteiger partial charge in [-0.05, 0) is 24.6 Å². The minimum atomic E-state index is 0.0525. The Morgan fingerprint density at radius 2 is 1.79 bits per heavy atom. The van der Waals surface area contributed by atoms with Crippen LogP contribution in [-0.2, 0) is 4.79 Å². The molecule has 0 heterocycles. The molecule has 0 fully saturated rings. The molecule has 1 amide bonds. The average Bonchev–Trinajstić information content (AvgIpc) is 2.43. The van der Waals surface area contributed by atoms with Gasteiger partial charge in [-0.15, -0.1) is 0 Å². The molecule has 3 nitrogen and oxygen atoms in total. The molecule has 0 bridgehead atoms. The summed E-state index contributed by atoms with van der Waals surface area (Å²) in [6.07, 6.45) is 6.93. The number of carbonyl (C=O) groups is 1. The zero-order valence-electron chi connectivity index (χ0n) is 12.2. The van der Waals surface area contributed by atoms with E-state index >= 15 is 0 Å². The highest BCUT2D eigenvalue weighted by Gasteiger charge is 1.99. The molecular weight excluding hydrogens is 236 g/mol. The molecule has 1 rings (SSSR count). The van der Waals surface area contributed by atoms with Crippen molar-refractivity contribution in [3.8, 4) is 0 Å². The van der Waals surface area contributed by atoms with Gasteiger partial charge in [0, 0.05) is 24.3 Å². The second-order valence-corrected chi connectivity index (χ2v) is 4.82. The van der Waals surface area contributed by atoms with Crippen molar-refractivity contribution in [1.29, 1.82) is 0 Å². The number of amides is 1. The SMILES string of the molecule is CCCCCCCNc1cccc(NC(=O)CC)c1. The number of hydrogen-bond donors (Lipinski definition) is 2. The topological polar surface area (TPSA) is 41.1 Å². The van der Waals surface area contributed by atoms with Gasteiger partial charge in [-0.2, -0.15) is 0 Å². The summed E-state index contributed by atoms with van der Waals surface area (Å²) in [4.78, 5) is 11.3. The molecule has 19 heavy (non-hydrogen) atoms. The van der Waals surface area contributed by atoms with Crippen molar-refractivity contribution in [2.75, 3.05) is 17.2 Å². The van der Waals surface area contributed by atoms with E-state index < -0.39 is 0 Å². The zero-order chi connectivity index (χ0) is 13.9. The van der Waals surface area contributed by atoms with E-state index in [4.69, 9.17) is 0 Å². The van der Waals surface area contributed by atoms with Gasteiger partial charge < -0.3 is 10.6 Å². The lowest BCUT2D eigenvalue weighted by molar-refractivity contribution is -0.115. The van der Waals surface area contributed by atoms with Gasteiger partial charge in [0.15, 0.2) is 0 Å². The van der Waals surface area contributed by atoms with Crippen molar-refractivity contribution in [3.63, 3.8) is 0 Å². The van der Waals surface area contributed by atoms with E-state index in [-0.39, 0.29) is 5.91 Å². The van der Waals surface area contributed by atoms with E-state index in [1.54, 1.807) is 0 Å². The molecule has 0 radical (unpaired) electrons. The van der Waals surface area contributed by atoms with Crippen LogP contribution in [0.1, 0.15) is 52.4 Å². The van der Waals surface area contributed by atoms with Crippen molar-refractivity contribution < 1.29 is 4.79 Å². The molecule has 106 valence electrons. The van der Waals surface area contributed by atoms with Crippen LogP contribution >= 0.6 is 0 Å². The maximum atomic E-state index is 11.3. The van der Waals surface area contributed by atoms with Gasteiger partial charge >= 0.3 is 0 Å². The molecule has 2 N–H and O–H groups in total. The molecule has 0 aliphatic heterocycles. The van der Waals surface area contributed by atoms with Crippen molar-refractivity contribution in [2.45, 2.75) is 52.4 Å². The molecule has 0 aromatic heterocycles. The minimum absolute atomic E-state index is 0.0525. The van der Waals surface area contributed by atoms with Gasteiger partial charge in [0.25, 0.3) is 0 Å². The van der Waals surface area contributed by atoms with Crippen LogP contribution in [0.5, 0.6) is 0 Å². The Bertz CT molecular complexity index is 377. The van der Waals surface area contributed by atoms with Crippen LogP contribution in [0.3, 0.4) is 0 Å². The molecule has 1 aromatic rings. The largest absolute Gasteiger partial charge is 0.385 e. The molecule has 1 aromatic carbocycles. The highest BCUT2D eigenvalue weighted by atomic mass is 16.1. The quantitative estimate of drug-likeness (QED) is 0.647. The van der Waals surface area contributed by atoms with Crippen LogP contribution in [0.25, 0.3) is 0 Å². The van der Waals surface area contributed by atoms with Crippen LogP contribution in [0.15, 0.2) is 24.3 Å². The number of rotatable bonds is 9. The van der Waals surface area contributed by atoms with Crippen LogP contribution in [0, 0.1) is 0 Å². The average molecular weight is 262 g/mol. The third-order valence-corrected chi connectivity index (χ3v) is 3.08. The smallest absolute Gasteiger partial charge is 0.224 e. The summed E-state index contributed by atoms with van der Waals surface area (Å²) in [6.45, 7) is 5.08. The molecule has 0 atom stereocenters. The maximum Gasteiger partial charge on any atom is 0.224 e. The molecule has 0 spiro atoms. The van der Waals surface area contributed by atoms with Crippen LogP contribution < -0.4 is 10.6 Å². The Morgan fingerprint density at radius 1 is 1.05 bits per heavy atom. The van der Waals surface area contributed by atoms with Crippen LogP contribution in [-0.4, -0.2) is 12.5 Å². The van der Waals surface area contributed by atoms with Gasteiger partial charge in [-0.3, -0.25) is 4.79 Å². The summed E-state index contributed by atoms with van der Waals surface area (Å²) in [5.74, 6) is 0.0525. The highest BCUT2D eigenvalue weighted by molar-refractivity contribution is 5.90. The fourth-order valence-electron chi connectivity index (χ4n) is 1.92. The third kappa shape index (κ3) is 6.85. The molecule has 0 saturated carbocycles. The fraction of sp³-hybridized carbons (Fsp3) is 0.562. The first kappa shape index (κ1) is 15.5. The second-order valence-electron chi connectivity index (χ2n) is 4.82. The summed E-state index contributed by atoms with van der Waals surface area (Å²) in [7, 11) is 0. The number of unbranched alkanes of at least 4 members (excludes halogenated alkanes) is 4.